The van der Waals surface area contributed by atoms with E-state index in [1.165, 1.54) is 51.4 Å². The first-order chi connectivity index (χ1) is 13.7. The van der Waals surface area contributed by atoms with Crippen LogP contribution in [-0.2, 0) is 19.1 Å². The minimum Gasteiger partial charge on any atom is -0.465 e. The summed E-state index contributed by atoms with van der Waals surface area (Å²) in [6.45, 7) is 5.39. The van der Waals surface area contributed by atoms with Crippen LogP contribution in [0.3, 0.4) is 0 Å². The average Bonchev–Trinajstić information content (AvgIpc) is 2.72. The summed E-state index contributed by atoms with van der Waals surface area (Å²) in [6.07, 6.45) is 17.6. The van der Waals surface area contributed by atoms with Gasteiger partial charge >= 0.3 is 11.9 Å². The van der Waals surface area contributed by atoms with Crippen molar-refractivity contribution in [3.8, 4) is 0 Å². The van der Waals surface area contributed by atoms with Gasteiger partial charge in [0.2, 0.25) is 0 Å². The Morgan fingerprint density at radius 2 is 0.964 bits per heavy atom. The number of carbonyl (C=O) groups excluding carboxylic acids is 2. The first kappa shape index (κ1) is 25.0. The van der Waals surface area contributed by atoms with E-state index in [4.69, 9.17) is 9.47 Å². The fourth-order valence-corrected chi connectivity index (χ4v) is 4.02. The summed E-state index contributed by atoms with van der Waals surface area (Å²) < 4.78 is 11.0. The van der Waals surface area contributed by atoms with Gasteiger partial charge in [0, 0.05) is 0 Å². The molecule has 1 saturated carbocycles. The molecule has 0 N–H and O–H groups in total. The molecule has 0 amide bonds. The van der Waals surface area contributed by atoms with E-state index in [2.05, 4.69) is 13.8 Å². The normalized spacial score (nSPS) is 19.4. The Morgan fingerprint density at radius 3 is 1.36 bits per heavy atom. The zero-order valence-corrected chi connectivity index (χ0v) is 18.5. The SMILES string of the molecule is CCCCCCCCOC(=O)C1CCCCC1C(=O)OCCCCCCCC. The maximum atomic E-state index is 12.5. The first-order valence-corrected chi connectivity index (χ1v) is 12.0. The van der Waals surface area contributed by atoms with Gasteiger partial charge in [-0.2, -0.15) is 0 Å². The smallest absolute Gasteiger partial charge is 0.309 e. The minimum absolute atomic E-state index is 0.185. The molecule has 0 aromatic carbocycles. The van der Waals surface area contributed by atoms with Crippen LogP contribution in [0.1, 0.15) is 117 Å². The summed E-state index contributed by atoms with van der Waals surface area (Å²) in [5.74, 6) is -0.971. The van der Waals surface area contributed by atoms with Gasteiger partial charge in [0.1, 0.15) is 0 Å². The van der Waals surface area contributed by atoms with Gasteiger partial charge in [-0.15, -0.1) is 0 Å². The standard InChI is InChI=1S/C24H44O4/c1-3-5-7-9-11-15-19-27-23(25)21-17-13-14-18-22(21)24(26)28-20-16-12-10-8-6-4-2/h21-22H,3-20H2,1-2H3. The van der Waals surface area contributed by atoms with Gasteiger partial charge in [0.25, 0.3) is 0 Å². The number of rotatable bonds is 16. The predicted octanol–water partition coefficient (Wildman–Crippen LogP) is 6.60. The highest BCUT2D eigenvalue weighted by atomic mass is 16.5. The summed E-state index contributed by atoms with van der Waals surface area (Å²) in [4.78, 5) is 25.0. The number of unbranched alkanes of at least 4 members (excludes halogenated alkanes) is 10. The largest absolute Gasteiger partial charge is 0.465 e. The number of esters is 2. The highest BCUT2D eigenvalue weighted by Crippen LogP contribution is 2.32. The quantitative estimate of drug-likeness (QED) is 0.218. The van der Waals surface area contributed by atoms with Crippen molar-refractivity contribution in [2.75, 3.05) is 13.2 Å². The summed E-state index contributed by atoms with van der Waals surface area (Å²) >= 11 is 0. The number of carbonyl (C=O) groups is 2. The van der Waals surface area contributed by atoms with Gasteiger partial charge < -0.3 is 9.47 Å². The van der Waals surface area contributed by atoms with E-state index in [0.717, 1.165) is 51.4 Å². The Labute approximate surface area is 173 Å². The van der Waals surface area contributed by atoms with E-state index >= 15 is 0 Å². The van der Waals surface area contributed by atoms with Crippen LogP contribution in [0.5, 0.6) is 0 Å². The van der Waals surface area contributed by atoms with Crippen LogP contribution in [0.15, 0.2) is 0 Å². The fourth-order valence-electron chi connectivity index (χ4n) is 4.02. The van der Waals surface area contributed by atoms with Gasteiger partial charge in [0.15, 0.2) is 0 Å². The van der Waals surface area contributed by atoms with Gasteiger partial charge in [-0.05, 0) is 25.7 Å². The van der Waals surface area contributed by atoms with Crippen LogP contribution in [0, 0.1) is 11.8 Å². The van der Waals surface area contributed by atoms with Gasteiger partial charge in [0.05, 0.1) is 25.0 Å². The molecular formula is C24H44O4. The summed E-state index contributed by atoms with van der Waals surface area (Å²) in [7, 11) is 0. The van der Waals surface area contributed by atoms with Crippen molar-refractivity contribution < 1.29 is 19.1 Å². The summed E-state index contributed by atoms with van der Waals surface area (Å²) in [6, 6.07) is 0. The molecule has 28 heavy (non-hydrogen) atoms. The lowest BCUT2D eigenvalue weighted by atomic mass is 9.79. The van der Waals surface area contributed by atoms with Crippen LogP contribution in [0.4, 0.5) is 0 Å². The minimum atomic E-state index is -0.300. The second kappa shape index (κ2) is 16.9. The van der Waals surface area contributed by atoms with E-state index in [1.54, 1.807) is 0 Å². The monoisotopic (exact) mass is 396 g/mol. The molecule has 0 aromatic heterocycles. The van der Waals surface area contributed by atoms with E-state index in [1.807, 2.05) is 0 Å². The molecule has 4 heteroatoms. The fraction of sp³-hybridized carbons (Fsp3) is 0.917. The van der Waals surface area contributed by atoms with E-state index in [9.17, 15) is 9.59 Å². The zero-order valence-electron chi connectivity index (χ0n) is 18.5. The molecule has 0 aromatic rings. The lowest BCUT2D eigenvalue weighted by molar-refractivity contribution is -0.163. The lowest BCUT2D eigenvalue weighted by Gasteiger charge is -2.28. The highest BCUT2D eigenvalue weighted by molar-refractivity contribution is 5.82. The van der Waals surface area contributed by atoms with Crippen molar-refractivity contribution in [2.45, 2.75) is 117 Å². The molecular weight excluding hydrogens is 352 g/mol. The van der Waals surface area contributed by atoms with Crippen LogP contribution >= 0.6 is 0 Å². The molecule has 1 aliphatic carbocycles. The predicted molar refractivity (Wildman–Crippen MR) is 114 cm³/mol. The maximum absolute atomic E-state index is 12.5. The third-order valence-corrected chi connectivity index (χ3v) is 5.86. The molecule has 2 atom stereocenters. The van der Waals surface area contributed by atoms with E-state index in [-0.39, 0.29) is 23.8 Å². The summed E-state index contributed by atoms with van der Waals surface area (Å²) in [5.41, 5.74) is 0. The van der Waals surface area contributed by atoms with Crippen molar-refractivity contribution in [3.63, 3.8) is 0 Å². The Bertz CT molecular complexity index is 369. The van der Waals surface area contributed by atoms with Crippen molar-refractivity contribution in [1.29, 1.82) is 0 Å². The molecule has 1 rings (SSSR count). The number of hydrogen-bond acceptors (Lipinski definition) is 4. The number of hydrogen-bond donors (Lipinski definition) is 0. The molecule has 0 radical (unpaired) electrons. The van der Waals surface area contributed by atoms with Crippen LogP contribution in [0.2, 0.25) is 0 Å². The molecule has 0 spiro atoms. The third kappa shape index (κ3) is 11.1. The molecule has 2 unspecified atom stereocenters. The second-order valence-corrected chi connectivity index (χ2v) is 8.37. The van der Waals surface area contributed by atoms with E-state index < -0.39 is 0 Å². The maximum Gasteiger partial charge on any atom is 0.309 e. The van der Waals surface area contributed by atoms with Gasteiger partial charge in [-0.1, -0.05) is 90.9 Å². The molecule has 0 saturated heterocycles. The topological polar surface area (TPSA) is 52.6 Å². The third-order valence-electron chi connectivity index (χ3n) is 5.86. The Morgan fingerprint density at radius 1 is 0.607 bits per heavy atom. The molecule has 1 fully saturated rings. The van der Waals surface area contributed by atoms with Crippen molar-refractivity contribution in [3.05, 3.63) is 0 Å². The molecule has 4 nitrogen and oxygen atoms in total. The highest BCUT2D eigenvalue weighted by Gasteiger charge is 2.37. The molecule has 0 heterocycles. The average molecular weight is 397 g/mol. The summed E-state index contributed by atoms with van der Waals surface area (Å²) in [5, 5.41) is 0. The van der Waals surface area contributed by atoms with Crippen LogP contribution < -0.4 is 0 Å². The van der Waals surface area contributed by atoms with Crippen molar-refractivity contribution >= 4 is 11.9 Å². The first-order valence-electron chi connectivity index (χ1n) is 12.0. The van der Waals surface area contributed by atoms with Gasteiger partial charge in [-0.25, -0.2) is 0 Å². The van der Waals surface area contributed by atoms with Crippen LogP contribution in [-0.4, -0.2) is 25.2 Å². The number of ether oxygens (including phenoxy) is 2. The molecule has 0 aliphatic heterocycles. The van der Waals surface area contributed by atoms with Crippen molar-refractivity contribution in [1.82, 2.24) is 0 Å². The molecule has 164 valence electrons. The van der Waals surface area contributed by atoms with E-state index in [0.29, 0.717) is 13.2 Å². The second-order valence-electron chi connectivity index (χ2n) is 8.37. The van der Waals surface area contributed by atoms with Gasteiger partial charge in [-0.3, -0.25) is 9.59 Å². The Kier molecular flexibility index (Phi) is 15.0. The molecule has 0 bridgehead atoms. The van der Waals surface area contributed by atoms with Crippen molar-refractivity contribution in [2.24, 2.45) is 11.8 Å². The Hall–Kier alpha value is -1.06. The zero-order chi connectivity index (χ0) is 20.5. The Balaban J connectivity index is 2.23. The lowest BCUT2D eigenvalue weighted by Crippen LogP contribution is -2.35. The molecule has 1 aliphatic rings. The van der Waals surface area contributed by atoms with Crippen LogP contribution in [0.25, 0.3) is 0 Å².